The van der Waals surface area contributed by atoms with Crippen LogP contribution < -0.4 is 9.80 Å². The number of aromatic nitrogens is 4. The van der Waals surface area contributed by atoms with Crippen LogP contribution in [0, 0.1) is 5.92 Å². The van der Waals surface area contributed by atoms with Gasteiger partial charge in [0.1, 0.15) is 5.82 Å². The Balaban J connectivity index is 1.19. The number of benzene rings is 2. The Bertz CT molecular complexity index is 1300. The van der Waals surface area contributed by atoms with Crippen molar-refractivity contribution in [3.63, 3.8) is 0 Å². The van der Waals surface area contributed by atoms with Gasteiger partial charge in [0.05, 0.1) is 5.92 Å². The predicted molar refractivity (Wildman–Crippen MR) is 132 cm³/mol. The summed E-state index contributed by atoms with van der Waals surface area (Å²) in [6, 6.07) is 22.3. The molecule has 7 heteroatoms. The quantitative estimate of drug-likeness (QED) is 0.468. The number of anilines is 2. The molecule has 0 radical (unpaired) electrons. The number of imidazole rings is 1. The molecule has 4 heterocycles. The van der Waals surface area contributed by atoms with Crippen molar-refractivity contribution in [3.8, 4) is 17.2 Å². The third-order valence-electron chi connectivity index (χ3n) is 6.80. The maximum Gasteiger partial charge on any atom is 0.231 e. The lowest BCUT2D eigenvalue weighted by Gasteiger charge is -2.34. The van der Waals surface area contributed by atoms with Crippen LogP contribution in [0.3, 0.4) is 0 Å². The van der Waals surface area contributed by atoms with Crippen molar-refractivity contribution in [1.82, 2.24) is 19.7 Å². The van der Waals surface area contributed by atoms with Crippen LogP contribution in [0.4, 0.5) is 11.5 Å². The van der Waals surface area contributed by atoms with Crippen LogP contribution in [0.15, 0.2) is 79.1 Å². The van der Waals surface area contributed by atoms with Crippen molar-refractivity contribution in [3.05, 3.63) is 84.7 Å². The zero-order valence-corrected chi connectivity index (χ0v) is 18.9. The van der Waals surface area contributed by atoms with Gasteiger partial charge in [-0.3, -0.25) is 9.36 Å². The molecular weight excluding hydrogens is 424 g/mol. The van der Waals surface area contributed by atoms with E-state index in [-0.39, 0.29) is 11.8 Å². The van der Waals surface area contributed by atoms with Gasteiger partial charge in [-0.15, -0.1) is 10.2 Å². The number of para-hydroxylation sites is 1. The van der Waals surface area contributed by atoms with Gasteiger partial charge in [-0.2, -0.15) is 0 Å². The molecule has 0 saturated carbocycles. The Labute approximate surface area is 198 Å². The summed E-state index contributed by atoms with van der Waals surface area (Å²) >= 11 is 0. The summed E-state index contributed by atoms with van der Waals surface area (Å²) in [4.78, 5) is 22.0. The van der Waals surface area contributed by atoms with Crippen LogP contribution >= 0.6 is 0 Å². The molecular formula is C27H26N6O. The van der Waals surface area contributed by atoms with E-state index in [0.717, 1.165) is 61.1 Å². The monoisotopic (exact) mass is 450 g/mol. The third kappa shape index (κ3) is 3.73. The van der Waals surface area contributed by atoms with Crippen LogP contribution in [-0.4, -0.2) is 45.3 Å². The van der Waals surface area contributed by atoms with E-state index >= 15 is 0 Å². The third-order valence-corrected chi connectivity index (χ3v) is 6.80. The molecule has 1 amide bonds. The van der Waals surface area contributed by atoms with E-state index in [4.69, 9.17) is 0 Å². The summed E-state index contributed by atoms with van der Waals surface area (Å²) in [5.74, 6) is 2.56. The maximum atomic E-state index is 13.4. The second-order valence-electron chi connectivity index (χ2n) is 8.89. The first-order valence-electron chi connectivity index (χ1n) is 11.8. The molecule has 0 aliphatic carbocycles. The molecule has 6 rings (SSSR count). The summed E-state index contributed by atoms with van der Waals surface area (Å²) in [5.41, 5.74) is 3.36. The minimum atomic E-state index is -0.0280. The molecule has 1 saturated heterocycles. The molecule has 0 N–H and O–H groups in total. The van der Waals surface area contributed by atoms with E-state index in [1.807, 2.05) is 70.3 Å². The number of amides is 1. The number of carbonyl (C=O) groups is 1. The highest BCUT2D eigenvalue weighted by Gasteiger charge is 2.33. The number of nitrogens with zero attached hydrogens (tertiary/aromatic N) is 6. The van der Waals surface area contributed by atoms with E-state index in [9.17, 15) is 4.79 Å². The number of hydrogen-bond acceptors (Lipinski definition) is 5. The minimum Gasteiger partial charge on any atom is -0.354 e. The van der Waals surface area contributed by atoms with Crippen LogP contribution in [0.25, 0.3) is 17.2 Å². The first-order valence-corrected chi connectivity index (χ1v) is 11.8. The fraction of sp³-hybridized carbons (Fsp3) is 0.259. The fourth-order valence-electron chi connectivity index (χ4n) is 5.08. The van der Waals surface area contributed by atoms with Gasteiger partial charge < -0.3 is 9.80 Å². The van der Waals surface area contributed by atoms with Crippen LogP contribution in [0.1, 0.15) is 18.4 Å². The van der Waals surface area contributed by atoms with Gasteiger partial charge in [0, 0.05) is 43.3 Å². The Hall–Kier alpha value is -4.00. The lowest BCUT2D eigenvalue weighted by Crippen LogP contribution is -2.45. The molecule has 2 aromatic heterocycles. The van der Waals surface area contributed by atoms with Crippen molar-refractivity contribution in [2.24, 2.45) is 5.92 Å². The Morgan fingerprint density at radius 2 is 1.68 bits per heavy atom. The van der Waals surface area contributed by atoms with Crippen molar-refractivity contribution in [1.29, 1.82) is 0 Å². The Morgan fingerprint density at radius 1 is 0.882 bits per heavy atom. The largest absolute Gasteiger partial charge is 0.354 e. The topological polar surface area (TPSA) is 67.2 Å². The van der Waals surface area contributed by atoms with Gasteiger partial charge >= 0.3 is 0 Å². The molecule has 0 bridgehead atoms. The SMILES string of the molecule is O=C(C1CCCN(c2ccc(-n3ccnc3-c3ccccc3)nn2)C1)N1CCc2ccccc21. The van der Waals surface area contributed by atoms with Crippen molar-refractivity contribution in [2.75, 3.05) is 29.4 Å². The molecule has 1 atom stereocenters. The summed E-state index contributed by atoms with van der Waals surface area (Å²) in [6.45, 7) is 2.33. The normalized spacial score (nSPS) is 17.6. The van der Waals surface area contributed by atoms with Crippen LogP contribution in [-0.2, 0) is 11.2 Å². The summed E-state index contributed by atoms with van der Waals surface area (Å²) in [7, 11) is 0. The molecule has 7 nitrogen and oxygen atoms in total. The first kappa shape index (κ1) is 20.6. The minimum absolute atomic E-state index is 0.0280. The average molecular weight is 451 g/mol. The predicted octanol–water partition coefficient (Wildman–Crippen LogP) is 4.14. The van der Waals surface area contributed by atoms with Gasteiger partial charge in [-0.1, -0.05) is 48.5 Å². The zero-order valence-electron chi connectivity index (χ0n) is 18.9. The van der Waals surface area contributed by atoms with Gasteiger partial charge in [0.25, 0.3) is 0 Å². The molecule has 4 aromatic rings. The highest BCUT2D eigenvalue weighted by Crippen LogP contribution is 2.31. The van der Waals surface area contributed by atoms with E-state index in [1.165, 1.54) is 5.56 Å². The zero-order chi connectivity index (χ0) is 22.9. The molecule has 0 spiro atoms. The number of piperidine rings is 1. The number of hydrogen-bond donors (Lipinski definition) is 0. The van der Waals surface area contributed by atoms with Crippen molar-refractivity contribution < 1.29 is 4.79 Å². The molecule has 2 aliphatic rings. The van der Waals surface area contributed by atoms with Gasteiger partial charge in [0.2, 0.25) is 5.91 Å². The Kier molecular flexibility index (Phi) is 5.30. The number of rotatable bonds is 4. The summed E-state index contributed by atoms with van der Waals surface area (Å²) in [5, 5.41) is 9.02. The highest BCUT2D eigenvalue weighted by atomic mass is 16.2. The molecule has 34 heavy (non-hydrogen) atoms. The van der Waals surface area contributed by atoms with E-state index in [2.05, 4.69) is 32.2 Å². The average Bonchev–Trinajstić information content (AvgIpc) is 3.57. The van der Waals surface area contributed by atoms with Gasteiger partial charge in [0.15, 0.2) is 11.6 Å². The molecule has 1 fully saturated rings. The smallest absolute Gasteiger partial charge is 0.231 e. The molecule has 2 aromatic carbocycles. The van der Waals surface area contributed by atoms with E-state index in [0.29, 0.717) is 6.54 Å². The van der Waals surface area contributed by atoms with E-state index < -0.39 is 0 Å². The molecule has 1 unspecified atom stereocenters. The fourth-order valence-corrected chi connectivity index (χ4v) is 5.08. The van der Waals surface area contributed by atoms with E-state index in [1.54, 1.807) is 6.20 Å². The van der Waals surface area contributed by atoms with Gasteiger partial charge in [-0.05, 0) is 43.0 Å². The second-order valence-corrected chi connectivity index (χ2v) is 8.89. The summed E-state index contributed by atoms with van der Waals surface area (Å²) in [6.07, 6.45) is 6.49. The highest BCUT2D eigenvalue weighted by molar-refractivity contribution is 5.97. The standard InChI is InChI=1S/C27H26N6O/c34-27(32-17-14-20-7-4-5-11-23(20)32)22-10-6-16-31(19-22)24-12-13-25(30-29-24)33-18-15-28-26(33)21-8-2-1-3-9-21/h1-5,7-9,11-13,15,18,22H,6,10,14,16-17,19H2. The molecule has 170 valence electrons. The Morgan fingerprint density at radius 3 is 2.53 bits per heavy atom. The van der Waals surface area contributed by atoms with Crippen LogP contribution in [0.2, 0.25) is 0 Å². The van der Waals surface area contributed by atoms with Gasteiger partial charge in [-0.25, -0.2) is 4.98 Å². The van der Waals surface area contributed by atoms with Crippen molar-refractivity contribution >= 4 is 17.4 Å². The lowest BCUT2D eigenvalue weighted by molar-refractivity contribution is -0.122. The molecule has 2 aliphatic heterocycles. The number of carbonyl (C=O) groups excluding carboxylic acids is 1. The summed E-state index contributed by atoms with van der Waals surface area (Å²) < 4.78 is 1.94. The first-order chi connectivity index (χ1) is 16.8. The maximum absolute atomic E-state index is 13.4. The van der Waals surface area contributed by atoms with Crippen LogP contribution in [0.5, 0.6) is 0 Å². The second kappa shape index (κ2) is 8.74. The van der Waals surface area contributed by atoms with Crippen molar-refractivity contribution in [2.45, 2.75) is 19.3 Å². The lowest BCUT2D eigenvalue weighted by atomic mass is 9.96. The number of fused-ring (bicyclic) bond motifs is 1.